The van der Waals surface area contributed by atoms with Gasteiger partial charge >= 0.3 is 6.03 Å². The highest BCUT2D eigenvalue weighted by atomic mass is 16.5. The van der Waals surface area contributed by atoms with Crippen LogP contribution in [0.25, 0.3) is 27.8 Å². The normalized spacial score (nSPS) is 15.2. The summed E-state index contributed by atoms with van der Waals surface area (Å²) in [5, 5.41) is 5.44. The maximum atomic E-state index is 11.5. The van der Waals surface area contributed by atoms with Crippen LogP contribution in [-0.2, 0) is 0 Å². The van der Waals surface area contributed by atoms with Gasteiger partial charge in [-0.05, 0) is 25.0 Å². The Bertz CT molecular complexity index is 1250. The molecule has 0 atom stereocenters. The van der Waals surface area contributed by atoms with Crippen molar-refractivity contribution in [1.29, 1.82) is 0 Å². The molecule has 0 bridgehead atoms. The summed E-state index contributed by atoms with van der Waals surface area (Å²) in [6.07, 6.45) is 2.95. The summed E-state index contributed by atoms with van der Waals surface area (Å²) in [6, 6.07) is 7.49. The third-order valence-corrected chi connectivity index (χ3v) is 5.75. The van der Waals surface area contributed by atoms with Crippen LogP contribution in [0, 0.1) is 0 Å². The number of hydrogen-bond donors (Lipinski definition) is 3. The molecule has 1 aromatic carbocycles. The lowest BCUT2D eigenvalue weighted by Gasteiger charge is -2.29. The fourth-order valence-corrected chi connectivity index (χ4v) is 4.21. The molecular formula is C20H22N8O2. The van der Waals surface area contributed by atoms with Gasteiger partial charge in [-0.3, -0.25) is 0 Å². The van der Waals surface area contributed by atoms with Gasteiger partial charge in [0.2, 0.25) is 0 Å². The Balaban J connectivity index is 1.63. The number of nitrogens with one attached hydrogen (secondary N) is 1. The Morgan fingerprint density at radius 1 is 1.30 bits per heavy atom. The molecule has 5 rings (SSSR count). The number of methoxy groups -OCH3 is 1. The smallest absolute Gasteiger partial charge is 0.314 e. The quantitative estimate of drug-likeness (QED) is 0.476. The van der Waals surface area contributed by atoms with E-state index in [2.05, 4.69) is 15.1 Å². The van der Waals surface area contributed by atoms with E-state index < -0.39 is 0 Å². The molecule has 10 nitrogen and oxygen atoms in total. The molecule has 0 unspecified atom stereocenters. The number of amides is 2. The lowest BCUT2D eigenvalue weighted by atomic mass is 9.96. The number of aromatic nitrogens is 5. The van der Waals surface area contributed by atoms with Crippen LogP contribution in [0.4, 0.5) is 10.6 Å². The van der Waals surface area contributed by atoms with Gasteiger partial charge in [0.05, 0.1) is 18.3 Å². The van der Waals surface area contributed by atoms with Crippen LogP contribution < -0.4 is 16.2 Å². The minimum atomic E-state index is -0.388. The molecule has 0 radical (unpaired) electrons. The molecule has 0 aliphatic carbocycles. The van der Waals surface area contributed by atoms with E-state index in [9.17, 15) is 4.79 Å². The van der Waals surface area contributed by atoms with Crippen molar-refractivity contribution < 1.29 is 9.53 Å². The van der Waals surface area contributed by atoms with Crippen LogP contribution in [0.5, 0.6) is 5.75 Å². The average molecular weight is 406 g/mol. The Hall–Kier alpha value is -3.82. The minimum absolute atomic E-state index is 0.134. The number of benzene rings is 1. The van der Waals surface area contributed by atoms with Gasteiger partial charge in [-0.1, -0.05) is 12.1 Å². The second-order valence-electron chi connectivity index (χ2n) is 7.43. The molecule has 2 amide bonds. The van der Waals surface area contributed by atoms with Crippen LogP contribution in [0.15, 0.2) is 30.6 Å². The topological polar surface area (TPSA) is 140 Å². The molecule has 30 heavy (non-hydrogen) atoms. The van der Waals surface area contributed by atoms with Gasteiger partial charge in [0.25, 0.3) is 0 Å². The van der Waals surface area contributed by atoms with Gasteiger partial charge < -0.3 is 26.1 Å². The maximum Gasteiger partial charge on any atom is 0.314 e. The zero-order chi connectivity index (χ0) is 20.8. The number of para-hydroxylation sites is 1. The minimum Gasteiger partial charge on any atom is -0.495 e. The van der Waals surface area contributed by atoms with E-state index in [1.54, 1.807) is 16.5 Å². The van der Waals surface area contributed by atoms with Gasteiger partial charge in [0.1, 0.15) is 29.1 Å². The Labute approximate surface area is 171 Å². The number of primary amides is 1. The van der Waals surface area contributed by atoms with E-state index in [-0.39, 0.29) is 11.9 Å². The number of urea groups is 1. The number of aromatic amines is 1. The van der Waals surface area contributed by atoms with Gasteiger partial charge in [-0.25, -0.2) is 19.3 Å². The number of hydrogen-bond acceptors (Lipinski definition) is 6. The summed E-state index contributed by atoms with van der Waals surface area (Å²) in [5.74, 6) is 2.06. The molecule has 0 saturated carbocycles. The zero-order valence-corrected chi connectivity index (χ0v) is 16.5. The van der Waals surface area contributed by atoms with Crippen molar-refractivity contribution in [1.82, 2.24) is 29.5 Å². The van der Waals surface area contributed by atoms with E-state index >= 15 is 0 Å². The lowest BCUT2D eigenvalue weighted by molar-refractivity contribution is 0.189. The fourth-order valence-electron chi connectivity index (χ4n) is 4.21. The van der Waals surface area contributed by atoms with E-state index in [1.807, 2.05) is 24.3 Å². The summed E-state index contributed by atoms with van der Waals surface area (Å²) in [6.45, 7) is 1.18. The molecule has 0 spiro atoms. The predicted octanol–water partition coefficient (Wildman–Crippen LogP) is 2.12. The zero-order valence-electron chi connectivity index (χ0n) is 16.5. The molecule has 4 heterocycles. The van der Waals surface area contributed by atoms with Crippen molar-refractivity contribution in [2.75, 3.05) is 25.9 Å². The number of carbonyl (C=O) groups excluding carboxylic acids is 1. The number of ether oxygens (including phenoxy) is 1. The highest BCUT2D eigenvalue weighted by molar-refractivity contribution is 5.93. The summed E-state index contributed by atoms with van der Waals surface area (Å²) in [5.41, 5.74) is 14.7. The number of nitrogen functional groups attached to an aromatic ring is 1. The number of anilines is 1. The van der Waals surface area contributed by atoms with Crippen LogP contribution in [0.1, 0.15) is 24.6 Å². The first-order valence-corrected chi connectivity index (χ1v) is 9.76. The standard InChI is InChI=1S/C20H22N8O2/c1-30-14-4-2-3-12-9-13(25-15(12)14)16-17-18(21)23-10-24-28(17)19(26-16)11-5-7-27(8-6-11)20(22)29/h2-4,9-11,25H,5-8H2,1H3,(H2,22,29)(H2,21,23,24). The van der Waals surface area contributed by atoms with E-state index in [4.69, 9.17) is 21.2 Å². The van der Waals surface area contributed by atoms with E-state index in [0.29, 0.717) is 30.1 Å². The Morgan fingerprint density at radius 2 is 2.10 bits per heavy atom. The molecule has 3 aromatic heterocycles. The number of nitrogens with zero attached hydrogens (tertiary/aromatic N) is 5. The van der Waals surface area contributed by atoms with Crippen LogP contribution in [-0.4, -0.2) is 55.7 Å². The second kappa shape index (κ2) is 6.90. The third kappa shape index (κ3) is 2.79. The number of nitrogens with two attached hydrogens (primary N) is 2. The molecule has 1 fully saturated rings. The van der Waals surface area contributed by atoms with Crippen molar-refractivity contribution in [3.63, 3.8) is 0 Å². The molecule has 1 saturated heterocycles. The van der Waals surface area contributed by atoms with Crippen LogP contribution in [0.3, 0.4) is 0 Å². The number of piperidine rings is 1. The molecule has 5 N–H and O–H groups in total. The van der Waals surface area contributed by atoms with Crippen LogP contribution >= 0.6 is 0 Å². The van der Waals surface area contributed by atoms with E-state index in [0.717, 1.165) is 41.0 Å². The largest absolute Gasteiger partial charge is 0.495 e. The van der Waals surface area contributed by atoms with Gasteiger partial charge in [0, 0.05) is 24.4 Å². The van der Waals surface area contributed by atoms with Gasteiger partial charge in [-0.2, -0.15) is 5.10 Å². The summed E-state index contributed by atoms with van der Waals surface area (Å²) >= 11 is 0. The molecule has 1 aliphatic heterocycles. The number of imidazole rings is 1. The Kier molecular flexibility index (Phi) is 4.19. The van der Waals surface area contributed by atoms with E-state index in [1.165, 1.54) is 6.33 Å². The molecule has 10 heteroatoms. The summed E-state index contributed by atoms with van der Waals surface area (Å²) < 4.78 is 7.24. The average Bonchev–Trinajstić information content (AvgIpc) is 3.36. The lowest BCUT2D eigenvalue weighted by Crippen LogP contribution is -2.41. The first-order valence-electron chi connectivity index (χ1n) is 9.76. The Morgan fingerprint density at radius 3 is 2.83 bits per heavy atom. The molecular weight excluding hydrogens is 384 g/mol. The number of rotatable bonds is 3. The number of H-pyrrole nitrogens is 1. The predicted molar refractivity (Wildman–Crippen MR) is 112 cm³/mol. The summed E-state index contributed by atoms with van der Waals surface area (Å²) in [7, 11) is 1.64. The van der Waals surface area contributed by atoms with Crippen molar-refractivity contribution in [2.45, 2.75) is 18.8 Å². The van der Waals surface area contributed by atoms with Crippen molar-refractivity contribution in [3.05, 3.63) is 36.4 Å². The fraction of sp³-hybridized carbons (Fsp3) is 0.300. The number of likely N-dealkylation sites (tertiary alicyclic amines) is 1. The van der Waals surface area contributed by atoms with Crippen molar-refractivity contribution >= 4 is 28.3 Å². The van der Waals surface area contributed by atoms with Crippen molar-refractivity contribution in [2.24, 2.45) is 5.73 Å². The highest BCUT2D eigenvalue weighted by Gasteiger charge is 2.28. The van der Waals surface area contributed by atoms with Crippen LogP contribution in [0.2, 0.25) is 0 Å². The highest BCUT2D eigenvalue weighted by Crippen LogP contribution is 2.36. The first kappa shape index (κ1) is 18.2. The molecule has 1 aliphatic rings. The summed E-state index contributed by atoms with van der Waals surface area (Å²) in [4.78, 5) is 25.6. The van der Waals surface area contributed by atoms with Crippen molar-refractivity contribution in [3.8, 4) is 17.1 Å². The number of carbonyl (C=O) groups is 1. The molecule has 154 valence electrons. The first-order chi connectivity index (χ1) is 14.6. The number of fused-ring (bicyclic) bond motifs is 2. The molecule has 4 aromatic rings. The third-order valence-electron chi connectivity index (χ3n) is 5.75. The maximum absolute atomic E-state index is 11.5. The SMILES string of the molecule is COc1cccc2cc(-c3nc(C4CCN(C(N)=O)CC4)n4ncnc(N)c34)[nH]c12. The van der Waals surface area contributed by atoms with Gasteiger partial charge in [0.15, 0.2) is 5.82 Å². The monoisotopic (exact) mass is 406 g/mol. The second-order valence-corrected chi connectivity index (χ2v) is 7.43. The van der Waals surface area contributed by atoms with Gasteiger partial charge in [-0.15, -0.1) is 0 Å².